The molecule has 0 bridgehead atoms. The number of furan rings is 1. The Morgan fingerprint density at radius 1 is 1.15 bits per heavy atom. The Morgan fingerprint density at radius 3 is 2.76 bits per heavy atom. The zero-order valence-electron chi connectivity index (χ0n) is 18.7. The molecule has 3 aromatic heterocycles. The Kier molecular flexibility index (Phi) is 5.47. The molecule has 0 N–H and O–H groups in total. The van der Waals surface area contributed by atoms with E-state index in [9.17, 15) is 4.79 Å². The number of aromatic nitrogens is 4. The number of morpholine rings is 1. The summed E-state index contributed by atoms with van der Waals surface area (Å²) >= 11 is 0. The molecule has 4 aromatic rings. The van der Waals surface area contributed by atoms with Crippen LogP contribution in [0.1, 0.15) is 27.9 Å². The fraction of sp³-hybridized carbons (Fsp3) is 0.292. The molecule has 1 saturated heterocycles. The number of fused-ring (bicyclic) bond motifs is 1. The summed E-state index contributed by atoms with van der Waals surface area (Å²) in [4.78, 5) is 34.5. The SMILES string of the molecule is Cc1cc2cc(C(=O)N3CCO[C@H](c4nc(N(C)C)ncc4-c4cncnc4)C3)ccc2o1. The van der Waals surface area contributed by atoms with Crippen LogP contribution in [0, 0.1) is 6.92 Å². The predicted octanol–water partition coefficient (Wildman–Crippen LogP) is 3.27. The summed E-state index contributed by atoms with van der Waals surface area (Å²) in [5.41, 5.74) is 3.69. The minimum Gasteiger partial charge on any atom is -0.461 e. The molecule has 1 fully saturated rings. The summed E-state index contributed by atoms with van der Waals surface area (Å²) in [5, 5.41) is 0.918. The molecule has 5 rings (SSSR count). The van der Waals surface area contributed by atoms with Crippen LogP contribution in [0.3, 0.4) is 0 Å². The third-order valence-corrected chi connectivity index (χ3v) is 5.62. The van der Waals surface area contributed by atoms with Crippen molar-refractivity contribution in [1.29, 1.82) is 0 Å². The Hall–Kier alpha value is -3.85. The van der Waals surface area contributed by atoms with Gasteiger partial charge in [-0.3, -0.25) is 4.79 Å². The topological polar surface area (TPSA) is 97.5 Å². The number of aryl methyl sites for hydroxylation is 1. The highest BCUT2D eigenvalue weighted by atomic mass is 16.5. The number of rotatable bonds is 4. The minimum absolute atomic E-state index is 0.0458. The highest BCUT2D eigenvalue weighted by molar-refractivity contribution is 5.98. The molecular formula is C24H24N6O3. The summed E-state index contributed by atoms with van der Waals surface area (Å²) in [7, 11) is 3.77. The third kappa shape index (κ3) is 4.14. The van der Waals surface area contributed by atoms with Crippen molar-refractivity contribution in [2.24, 2.45) is 0 Å². The maximum Gasteiger partial charge on any atom is 0.254 e. The number of carbonyl (C=O) groups is 1. The second-order valence-electron chi connectivity index (χ2n) is 8.21. The van der Waals surface area contributed by atoms with Gasteiger partial charge in [0.05, 0.1) is 18.8 Å². The van der Waals surface area contributed by atoms with Gasteiger partial charge in [-0.05, 0) is 31.2 Å². The summed E-state index contributed by atoms with van der Waals surface area (Å²) in [6, 6.07) is 7.46. The van der Waals surface area contributed by atoms with Gasteiger partial charge in [0.1, 0.15) is 23.8 Å². The van der Waals surface area contributed by atoms with Crippen LogP contribution in [0.2, 0.25) is 0 Å². The van der Waals surface area contributed by atoms with Crippen molar-refractivity contribution in [2.45, 2.75) is 13.0 Å². The smallest absolute Gasteiger partial charge is 0.254 e. The Balaban J connectivity index is 1.46. The van der Waals surface area contributed by atoms with E-state index >= 15 is 0 Å². The van der Waals surface area contributed by atoms with Crippen LogP contribution in [0.25, 0.3) is 22.1 Å². The first kappa shape index (κ1) is 21.0. The van der Waals surface area contributed by atoms with Crippen LogP contribution in [-0.4, -0.2) is 64.5 Å². The van der Waals surface area contributed by atoms with E-state index in [1.165, 1.54) is 6.33 Å². The molecule has 1 atom stereocenters. The fourth-order valence-corrected chi connectivity index (χ4v) is 4.00. The van der Waals surface area contributed by atoms with E-state index in [0.29, 0.717) is 36.9 Å². The lowest BCUT2D eigenvalue weighted by atomic mass is 10.0. The number of anilines is 1. The van der Waals surface area contributed by atoms with Crippen molar-refractivity contribution in [1.82, 2.24) is 24.8 Å². The molecule has 1 amide bonds. The van der Waals surface area contributed by atoms with E-state index in [0.717, 1.165) is 27.9 Å². The van der Waals surface area contributed by atoms with Gasteiger partial charge in [-0.1, -0.05) is 0 Å². The number of carbonyl (C=O) groups excluding carboxylic acids is 1. The van der Waals surface area contributed by atoms with Crippen molar-refractivity contribution in [3.8, 4) is 11.1 Å². The van der Waals surface area contributed by atoms with Gasteiger partial charge < -0.3 is 19.0 Å². The molecule has 1 aliphatic heterocycles. The number of hydrogen-bond donors (Lipinski definition) is 0. The molecule has 0 radical (unpaired) electrons. The molecule has 1 aliphatic rings. The van der Waals surface area contributed by atoms with Crippen molar-refractivity contribution in [3.05, 3.63) is 66.2 Å². The average Bonchev–Trinajstić information content (AvgIpc) is 3.23. The highest BCUT2D eigenvalue weighted by Crippen LogP contribution is 2.31. The van der Waals surface area contributed by atoms with Crippen LogP contribution < -0.4 is 4.90 Å². The van der Waals surface area contributed by atoms with Crippen LogP contribution in [0.4, 0.5) is 5.95 Å². The summed E-state index contributed by atoms with van der Waals surface area (Å²) in [5.74, 6) is 1.34. The van der Waals surface area contributed by atoms with Gasteiger partial charge >= 0.3 is 0 Å². The number of nitrogens with zero attached hydrogens (tertiary/aromatic N) is 6. The van der Waals surface area contributed by atoms with Crippen LogP contribution >= 0.6 is 0 Å². The second kappa shape index (κ2) is 8.59. The van der Waals surface area contributed by atoms with Gasteiger partial charge in [0.2, 0.25) is 5.95 Å². The maximum absolute atomic E-state index is 13.3. The van der Waals surface area contributed by atoms with Crippen LogP contribution in [0.5, 0.6) is 0 Å². The van der Waals surface area contributed by atoms with Crippen molar-refractivity contribution in [3.63, 3.8) is 0 Å². The summed E-state index contributed by atoms with van der Waals surface area (Å²) < 4.78 is 11.7. The standard InChI is InChI=1S/C24H24N6O3/c1-15-8-17-9-16(4-5-20(17)33-15)23(31)30-6-7-32-21(13-30)22-19(18-10-25-14-26-11-18)12-27-24(28-22)29(2)3/h4-5,8-12,14,21H,6-7,13H2,1-3H3/t21-/m0/s1. The Labute approximate surface area is 191 Å². The van der Waals surface area contributed by atoms with Crippen LogP contribution in [-0.2, 0) is 4.74 Å². The molecule has 4 heterocycles. The van der Waals surface area contributed by atoms with Gasteiger partial charge in [-0.25, -0.2) is 19.9 Å². The maximum atomic E-state index is 13.3. The Morgan fingerprint density at radius 2 is 1.97 bits per heavy atom. The first-order valence-electron chi connectivity index (χ1n) is 10.7. The van der Waals surface area contributed by atoms with E-state index in [4.69, 9.17) is 14.1 Å². The monoisotopic (exact) mass is 444 g/mol. The largest absolute Gasteiger partial charge is 0.461 e. The van der Waals surface area contributed by atoms with E-state index in [1.807, 2.05) is 49.0 Å². The summed E-state index contributed by atoms with van der Waals surface area (Å²) in [6.45, 7) is 3.20. The number of amides is 1. The zero-order valence-corrected chi connectivity index (χ0v) is 18.7. The molecule has 9 nitrogen and oxygen atoms in total. The lowest BCUT2D eigenvalue weighted by Gasteiger charge is -2.33. The molecule has 0 aliphatic carbocycles. The Bertz CT molecular complexity index is 1300. The first-order valence-corrected chi connectivity index (χ1v) is 10.7. The molecule has 0 spiro atoms. The molecule has 1 aromatic carbocycles. The van der Waals surface area contributed by atoms with Crippen molar-refractivity contribution in [2.75, 3.05) is 38.7 Å². The van der Waals surface area contributed by atoms with E-state index in [-0.39, 0.29) is 5.91 Å². The average molecular weight is 444 g/mol. The fourth-order valence-electron chi connectivity index (χ4n) is 4.00. The minimum atomic E-state index is -0.403. The summed E-state index contributed by atoms with van der Waals surface area (Å²) in [6.07, 6.45) is 6.28. The van der Waals surface area contributed by atoms with Crippen LogP contribution in [0.15, 0.2) is 53.6 Å². The zero-order chi connectivity index (χ0) is 22.9. The van der Waals surface area contributed by atoms with Gasteiger partial charge in [-0.2, -0.15) is 0 Å². The van der Waals surface area contributed by atoms with Gasteiger partial charge in [0, 0.05) is 61.3 Å². The number of hydrogen-bond acceptors (Lipinski definition) is 8. The predicted molar refractivity (Wildman–Crippen MR) is 123 cm³/mol. The lowest BCUT2D eigenvalue weighted by molar-refractivity contribution is -0.0244. The molecule has 168 valence electrons. The third-order valence-electron chi connectivity index (χ3n) is 5.62. The molecular weight excluding hydrogens is 420 g/mol. The van der Waals surface area contributed by atoms with Crippen molar-refractivity contribution < 1.29 is 13.9 Å². The van der Waals surface area contributed by atoms with Gasteiger partial charge in [0.15, 0.2) is 0 Å². The van der Waals surface area contributed by atoms with E-state index in [2.05, 4.69) is 15.0 Å². The molecule has 0 unspecified atom stereocenters. The second-order valence-corrected chi connectivity index (χ2v) is 8.21. The normalized spacial score (nSPS) is 16.2. The number of benzene rings is 1. The van der Waals surface area contributed by atoms with E-state index in [1.54, 1.807) is 24.7 Å². The van der Waals surface area contributed by atoms with Gasteiger partial charge in [0.25, 0.3) is 5.91 Å². The molecule has 33 heavy (non-hydrogen) atoms. The number of ether oxygens (including phenoxy) is 1. The molecule has 9 heteroatoms. The first-order chi connectivity index (χ1) is 16.0. The van der Waals surface area contributed by atoms with Crippen molar-refractivity contribution >= 4 is 22.8 Å². The molecule has 0 saturated carbocycles. The van der Waals surface area contributed by atoms with Gasteiger partial charge in [-0.15, -0.1) is 0 Å². The highest BCUT2D eigenvalue weighted by Gasteiger charge is 2.30. The van der Waals surface area contributed by atoms with E-state index < -0.39 is 6.10 Å². The lowest BCUT2D eigenvalue weighted by Crippen LogP contribution is -2.42. The quantitative estimate of drug-likeness (QED) is 0.473.